The number of hydrogen-bond donors (Lipinski definition) is 2. The molecular weight excluding hydrogens is 328 g/mol. The standard InChI is InChI=1S/C19H22N6O/c1-24-10-8-21-18(26)5-7-20-17-6-9-25-19(23-17)16(12-22-25)15-4-2-3-14(11-15)13-24/h2-4,6,9,11-12H,5,7-8,10,13H2,1H3,(H,20,23)(H,21,26). The Balaban J connectivity index is 1.74. The van der Waals surface area contributed by atoms with Crippen molar-refractivity contribution in [2.24, 2.45) is 0 Å². The molecular formula is C19H22N6O. The van der Waals surface area contributed by atoms with Crippen molar-refractivity contribution in [3.05, 3.63) is 48.3 Å². The second-order valence-electron chi connectivity index (χ2n) is 6.60. The summed E-state index contributed by atoms with van der Waals surface area (Å²) < 4.78 is 1.77. The summed E-state index contributed by atoms with van der Waals surface area (Å²) in [6, 6.07) is 10.3. The molecule has 3 aromatic rings. The van der Waals surface area contributed by atoms with Gasteiger partial charge in [-0.3, -0.25) is 4.79 Å². The summed E-state index contributed by atoms with van der Waals surface area (Å²) in [5.41, 5.74) is 4.13. The maximum absolute atomic E-state index is 11.9. The van der Waals surface area contributed by atoms with E-state index in [-0.39, 0.29) is 5.91 Å². The van der Waals surface area contributed by atoms with Crippen LogP contribution in [0.2, 0.25) is 0 Å². The predicted molar refractivity (Wildman–Crippen MR) is 101 cm³/mol. The molecule has 1 amide bonds. The van der Waals surface area contributed by atoms with Crippen LogP contribution in [0.5, 0.6) is 0 Å². The van der Waals surface area contributed by atoms with E-state index < -0.39 is 0 Å². The fraction of sp³-hybridized carbons (Fsp3) is 0.316. The van der Waals surface area contributed by atoms with Gasteiger partial charge in [0.15, 0.2) is 5.65 Å². The largest absolute Gasteiger partial charge is 0.369 e. The molecule has 4 rings (SSSR count). The minimum absolute atomic E-state index is 0.0473. The molecule has 0 radical (unpaired) electrons. The van der Waals surface area contributed by atoms with E-state index >= 15 is 0 Å². The van der Waals surface area contributed by atoms with Gasteiger partial charge in [-0.2, -0.15) is 5.10 Å². The number of likely N-dealkylation sites (N-methyl/N-ethyl adjacent to an activating group) is 1. The Bertz CT molecular complexity index is 935. The molecule has 7 heteroatoms. The zero-order chi connectivity index (χ0) is 17.9. The van der Waals surface area contributed by atoms with Crippen molar-refractivity contribution < 1.29 is 4.79 Å². The van der Waals surface area contributed by atoms with Gasteiger partial charge in [0.05, 0.1) is 6.20 Å². The van der Waals surface area contributed by atoms with Gasteiger partial charge >= 0.3 is 0 Å². The van der Waals surface area contributed by atoms with Gasteiger partial charge in [0.1, 0.15) is 5.82 Å². The Morgan fingerprint density at radius 2 is 2.08 bits per heavy atom. The van der Waals surface area contributed by atoms with Crippen LogP contribution < -0.4 is 10.6 Å². The van der Waals surface area contributed by atoms with Gasteiger partial charge < -0.3 is 15.5 Å². The van der Waals surface area contributed by atoms with Crippen LogP contribution >= 0.6 is 0 Å². The topological polar surface area (TPSA) is 74.6 Å². The molecule has 0 unspecified atom stereocenters. The SMILES string of the molecule is CN1CCNC(=O)CCNc2ccn3ncc(c3n2)-c2cccc(c2)C1. The number of fused-ring (bicyclic) bond motifs is 4. The summed E-state index contributed by atoms with van der Waals surface area (Å²) >= 11 is 0. The molecule has 1 aromatic carbocycles. The summed E-state index contributed by atoms with van der Waals surface area (Å²) in [4.78, 5) is 18.8. The molecule has 1 aliphatic rings. The van der Waals surface area contributed by atoms with Crippen LogP contribution in [0.1, 0.15) is 12.0 Å². The van der Waals surface area contributed by atoms with Crippen LogP contribution in [-0.4, -0.2) is 52.1 Å². The highest BCUT2D eigenvalue weighted by Gasteiger charge is 2.11. The van der Waals surface area contributed by atoms with Gasteiger partial charge in [0.2, 0.25) is 5.91 Å². The molecule has 2 N–H and O–H groups in total. The van der Waals surface area contributed by atoms with E-state index in [1.165, 1.54) is 5.56 Å². The van der Waals surface area contributed by atoms with Gasteiger partial charge in [-0.25, -0.2) is 9.50 Å². The molecule has 0 atom stereocenters. The van der Waals surface area contributed by atoms with E-state index in [2.05, 4.69) is 56.9 Å². The molecule has 0 saturated heterocycles. The summed E-state index contributed by atoms with van der Waals surface area (Å²) in [6.45, 7) is 2.82. The fourth-order valence-corrected chi connectivity index (χ4v) is 3.18. The number of carbonyl (C=O) groups is 1. The summed E-state index contributed by atoms with van der Waals surface area (Å²) in [5, 5.41) is 10.6. The summed E-state index contributed by atoms with van der Waals surface area (Å²) in [7, 11) is 2.06. The average Bonchev–Trinajstić information content (AvgIpc) is 3.04. The minimum atomic E-state index is 0.0473. The highest BCUT2D eigenvalue weighted by molar-refractivity contribution is 5.78. The molecule has 3 heterocycles. The lowest BCUT2D eigenvalue weighted by atomic mass is 10.1. The van der Waals surface area contributed by atoms with E-state index in [0.29, 0.717) is 19.5 Å². The van der Waals surface area contributed by atoms with Gasteiger partial charge in [0, 0.05) is 44.4 Å². The van der Waals surface area contributed by atoms with Gasteiger partial charge in [-0.15, -0.1) is 0 Å². The first-order chi connectivity index (χ1) is 12.7. The van der Waals surface area contributed by atoms with Crippen molar-refractivity contribution in [1.82, 2.24) is 24.8 Å². The van der Waals surface area contributed by atoms with Crippen LogP contribution in [0, 0.1) is 0 Å². The van der Waals surface area contributed by atoms with Crippen LogP contribution in [0.3, 0.4) is 0 Å². The monoisotopic (exact) mass is 350 g/mol. The van der Waals surface area contributed by atoms with Gasteiger partial charge in [-0.1, -0.05) is 18.2 Å². The Labute approximate surface area is 152 Å². The summed E-state index contributed by atoms with van der Waals surface area (Å²) in [5.74, 6) is 0.793. The Morgan fingerprint density at radius 1 is 1.15 bits per heavy atom. The van der Waals surface area contributed by atoms with Gasteiger partial charge in [-0.05, 0) is 30.3 Å². The first-order valence-corrected chi connectivity index (χ1v) is 8.82. The lowest BCUT2D eigenvalue weighted by Gasteiger charge is -2.18. The number of nitrogens with zero attached hydrogens (tertiary/aromatic N) is 4. The molecule has 7 nitrogen and oxygen atoms in total. The molecule has 0 spiro atoms. The molecule has 2 aromatic heterocycles. The van der Waals surface area contributed by atoms with Crippen molar-refractivity contribution >= 4 is 17.4 Å². The predicted octanol–water partition coefficient (Wildman–Crippen LogP) is 1.76. The molecule has 1 aliphatic heterocycles. The van der Waals surface area contributed by atoms with Crippen LogP contribution in [-0.2, 0) is 11.3 Å². The molecule has 0 fully saturated rings. The van der Waals surface area contributed by atoms with E-state index in [1.54, 1.807) is 4.52 Å². The van der Waals surface area contributed by atoms with E-state index in [4.69, 9.17) is 0 Å². The number of aromatic nitrogens is 3. The van der Waals surface area contributed by atoms with Crippen molar-refractivity contribution in [3.8, 4) is 11.1 Å². The Hall–Kier alpha value is -2.93. The van der Waals surface area contributed by atoms with Crippen LogP contribution in [0.15, 0.2) is 42.7 Å². The Morgan fingerprint density at radius 3 is 3.00 bits per heavy atom. The number of amides is 1. The minimum Gasteiger partial charge on any atom is -0.369 e. The Kier molecular flexibility index (Phi) is 4.53. The summed E-state index contributed by atoms with van der Waals surface area (Å²) in [6.07, 6.45) is 4.16. The number of benzene rings is 1. The molecule has 0 aliphatic carbocycles. The van der Waals surface area contributed by atoms with E-state index in [0.717, 1.165) is 35.7 Å². The van der Waals surface area contributed by atoms with Crippen molar-refractivity contribution in [2.75, 3.05) is 32.0 Å². The second kappa shape index (κ2) is 7.13. The number of rotatable bonds is 0. The third kappa shape index (κ3) is 3.52. The maximum atomic E-state index is 11.9. The molecule has 4 bridgehead atoms. The molecule has 0 saturated carbocycles. The third-order valence-electron chi connectivity index (χ3n) is 4.53. The number of carbonyl (C=O) groups excluding carboxylic acids is 1. The second-order valence-corrected chi connectivity index (χ2v) is 6.60. The third-order valence-corrected chi connectivity index (χ3v) is 4.53. The lowest BCUT2D eigenvalue weighted by molar-refractivity contribution is -0.120. The van der Waals surface area contributed by atoms with Crippen molar-refractivity contribution in [1.29, 1.82) is 0 Å². The molecule has 134 valence electrons. The normalized spacial score (nSPS) is 16.4. The van der Waals surface area contributed by atoms with Crippen LogP contribution in [0.4, 0.5) is 5.82 Å². The lowest BCUT2D eigenvalue weighted by Crippen LogP contribution is -2.33. The smallest absolute Gasteiger partial charge is 0.221 e. The first kappa shape index (κ1) is 16.5. The van der Waals surface area contributed by atoms with Gasteiger partial charge in [0.25, 0.3) is 0 Å². The number of anilines is 1. The fourth-order valence-electron chi connectivity index (χ4n) is 3.18. The van der Waals surface area contributed by atoms with E-state index in [1.807, 2.05) is 18.5 Å². The zero-order valence-corrected chi connectivity index (χ0v) is 14.8. The van der Waals surface area contributed by atoms with E-state index in [9.17, 15) is 4.79 Å². The maximum Gasteiger partial charge on any atom is 0.221 e. The highest BCUT2D eigenvalue weighted by Crippen LogP contribution is 2.25. The average molecular weight is 350 g/mol. The number of nitrogens with one attached hydrogen (secondary N) is 2. The quantitative estimate of drug-likeness (QED) is 0.646. The highest BCUT2D eigenvalue weighted by atomic mass is 16.1. The zero-order valence-electron chi connectivity index (χ0n) is 14.8. The number of hydrogen-bond acceptors (Lipinski definition) is 5. The molecule has 26 heavy (non-hydrogen) atoms. The first-order valence-electron chi connectivity index (χ1n) is 8.82. The van der Waals surface area contributed by atoms with Crippen LogP contribution in [0.25, 0.3) is 16.8 Å². The van der Waals surface area contributed by atoms with Crippen molar-refractivity contribution in [3.63, 3.8) is 0 Å². The van der Waals surface area contributed by atoms with Crippen molar-refractivity contribution in [2.45, 2.75) is 13.0 Å².